The van der Waals surface area contributed by atoms with Crippen LogP contribution in [0.4, 0.5) is 32.0 Å². The summed E-state index contributed by atoms with van der Waals surface area (Å²) in [6.07, 6.45) is -14.7. The van der Waals surface area contributed by atoms with E-state index in [0.29, 0.717) is 5.56 Å². The lowest BCUT2D eigenvalue weighted by molar-refractivity contribution is -0.298. The second-order valence-electron chi connectivity index (χ2n) is 6.44. The minimum absolute atomic E-state index is 0.0776. The number of aryl methyl sites for hydroxylation is 1. The van der Waals surface area contributed by atoms with Crippen LogP contribution < -0.4 is 4.90 Å². The molecule has 1 N–H and O–H groups in total. The molecule has 150 valence electrons. The smallest absolute Gasteiger partial charge is 0.392 e. The molecule has 1 aliphatic heterocycles. The van der Waals surface area contributed by atoms with Crippen LogP contribution in [0.3, 0.4) is 0 Å². The summed E-state index contributed by atoms with van der Waals surface area (Å²) in [5.74, 6) is -2.42. The number of Topliss-reactive ketones (excluding diaryl/α,β-unsaturated/α-hetero) is 1. The Morgan fingerprint density at radius 3 is 2.22 bits per heavy atom. The van der Waals surface area contributed by atoms with Crippen LogP contribution in [0.25, 0.3) is 0 Å². The fourth-order valence-electron chi connectivity index (χ4n) is 3.34. The lowest BCUT2D eigenvalue weighted by Crippen LogP contribution is -2.69. The number of halogens is 6. The summed E-state index contributed by atoms with van der Waals surface area (Å²) in [6, 6.07) is 3.37. The van der Waals surface area contributed by atoms with E-state index in [4.69, 9.17) is 0 Å². The van der Waals surface area contributed by atoms with Crippen molar-refractivity contribution < 1.29 is 41.0 Å². The van der Waals surface area contributed by atoms with E-state index in [1.165, 1.54) is 6.07 Å². The molecule has 1 aliphatic rings. The van der Waals surface area contributed by atoms with E-state index in [0.717, 1.165) is 19.1 Å². The maximum absolute atomic E-state index is 13.8. The zero-order chi connectivity index (χ0) is 20.6. The molecule has 1 aromatic carbocycles. The van der Waals surface area contributed by atoms with Crippen molar-refractivity contribution >= 4 is 17.4 Å². The van der Waals surface area contributed by atoms with Gasteiger partial charge in [-0.25, -0.2) is 0 Å². The van der Waals surface area contributed by atoms with E-state index in [9.17, 15) is 41.0 Å². The number of rotatable bonds is 3. The van der Waals surface area contributed by atoms with Crippen LogP contribution in [0, 0.1) is 0 Å². The number of carbonyl (C=O) groups excluding carboxylic acids is 2. The monoisotopic (exact) mass is 397 g/mol. The fourth-order valence-corrected chi connectivity index (χ4v) is 3.34. The molecule has 0 aromatic heterocycles. The number of alkyl halides is 6. The molecule has 1 amide bonds. The van der Waals surface area contributed by atoms with Gasteiger partial charge in [-0.1, -0.05) is 12.1 Å². The average Bonchev–Trinajstić information content (AvgIpc) is 2.69. The van der Waals surface area contributed by atoms with Gasteiger partial charge in [0.1, 0.15) is 5.78 Å². The second kappa shape index (κ2) is 7.14. The van der Waals surface area contributed by atoms with E-state index >= 15 is 0 Å². The van der Waals surface area contributed by atoms with Crippen molar-refractivity contribution in [3.05, 3.63) is 29.3 Å². The molecule has 2 rings (SSSR count). The zero-order valence-electron chi connectivity index (χ0n) is 14.2. The third-order valence-electron chi connectivity index (χ3n) is 4.52. The van der Waals surface area contributed by atoms with Crippen LogP contribution in [-0.4, -0.2) is 34.7 Å². The van der Waals surface area contributed by atoms with Crippen molar-refractivity contribution in [3.63, 3.8) is 0 Å². The Bertz CT molecular complexity index is 727. The summed E-state index contributed by atoms with van der Waals surface area (Å²) < 4.78 is 82.9. The van der Waals surface area contributed by atoms with Gasteiger partial charge in [0, 0.05) is 5.69 Å². The van der Waals surface area contributed by atoms with Crippen molar-refractivity contribution in [2.24, 2.45) is 0 Å². The average molecular weight is 397 g/mol. The quantitative estimate of drug-likeness (QED) is 0.625. The number of benzene rings is 1. The molecule has 0 fully saturated rings. The number of aliphatic hydroxyl groups excluding tert-OH is 1. The molecule has 0 saturated carbocycles. The Kier molecular flexibility index (Phi) is 5.61. The molecule has 27 heavy (non-hydrogen) atoms. The number of fused-ring (bicyclic) bond motifs is 1. The Hall–Kier alpha value is -2.10. The van der Waals surface area contributed by atoms with E-state index in [2.05, 4.69) is 0 Å². The number of hydrogen-bond acceptors (Lipinski definition) is 3. The molecule has 10 heteroatoms. The van der Waals surface area contributed by atoms with Crippen LogP contribution >= 0.6 is 0 Å². The fraction of sp³-hybridized carbons (Fsp3) is 0.529. The summed E-state index contributed by atoms with van der Waals surface area (Å²) in [5, 5.41) is 9.18. The first kappa shape index (κ1) is 21.2. The van der Waals surface area contributed by atoms with Crippen molar-refractivity contribution in [1.29, 1.82) is 0 Å². The van der Waals surface area contributed by atoms with Gasteiger partial charge in [0.05, 0.1) is 13.0 Å². The summed E-state index contributed by atoms with van der Waals surface area (Å²) in [7, 11) is 0. The third-order valence-corrected chi connectivity index (χ3v) is 4.52. The van der Waals surface area contributed by atoms with Crippen molar-refractivity contribution in [3.8, 4) is 0 Å². The predicted molar refractivity (Wildman–Crippen MR) is 82.9 cm³/mol. The van der Waals surface area contributed by atoms with Gasteiger partial charge in [-0.15, -0.1) is 0 Å². The Balaban J connectivity index is 2.81. The van der Waals surface area contributed by atoms with Gasteiger partial charge in [0.15, 0.2) is 0 Å². The van der Waals surface area contributed by atoms with E-state index in [-0.39, 0.29) is 16.9 Å². The van der Waals surface area contributed by atoms with Gasteiger partial charge in [-0.3, -0.25) is 14.5 Å². The number of hydrogen-bond donors (Lipinski definition) is 1. The maximum atomic E-state index is 13.8. The first-order valence-electron chi connectivity index (χ1n) is 8.03. The molecule has 0 spiro atoms. The highest BCUT2D eigenvalue weighted by Gasteiger charge is 2.75. The molecule has 1 heterocycles. The molecule has 1 aromatic rings. The maximum Gasteiger partial charge on any atom is 0.421 e. The lowest BCUT2D eigenvalue weighted by Gasteiger charge is -2.45. The van der Waals surface area contributed by atoms with Gasteiger partial charge < -0.3 is 5.11 Å². The molecule has 0 unspecified atom stereocenters. The van der Waals surface area contributed by atoms with E-state index < -0.39 is 61.1 Å². The first-order valence-corrected chi connectivity index (χ1v) is 8.03. The van der Waals surface area contributed by atoms with Crippen LogP contribution in [0.1, 0.15) is 37.3 Å². The molecule has 0 radical (unpaired) electrons. The van der Waals surface area contributed by atoms with Crippen LogP contribution in [0.5, 0.6) is 0 Å². The zero-order valence-corrected chi connectivity index (χ0v) is 14.2. The van der Waals surface area contributed by atoms with Gasteiger partial charge >= 0.3 is 12.4 Å². The molecular weight excluding hydrogens is 380 g/mol. The number of nitrogens with zero attached hydrogens (tertiary/aromatic N) is 1. The number of anilines is 1. The number of carbonyl (C=O) groups is 2. The Morgan fingerprint density at radius 2 is 1.74 bits per heavy atom. The molecule has 0 bridgehead atoms. The minimum atomic E-state index is -5.81. The van der Waals surface area contributed by atoms with Crippen LogP contribution in [0.15, 0.2) is 18.2 Å². The van der Waals surface area contributed by atoms with Crippen LogP contribution in [0.2, 0.25) is 0 Å². The number of aliphatic hydroxyl groups is 1. The van der Waals surface area contributed by atoms with E-state index in [1.807, 2.05) is 0 Å². The summed E-state index contributed by atoms with van der Waals surface area (Å²) in [4.78, 5) is 23.4. The SMILES string of the molecule is CC(=O)CC(=O)N1c2ccc(CO)cc2CCCC1(C(F)(F)F)C(F)(F)F. The minimum Gasteiger partial charge on any atom is -0.392 e. The van der Waals surface area contributed by atoms with Gasteiger partial charge in [-0.05, 0) is 43.4 Å². The lowest BCUT2D eigenvalue weighted by atomic mass is 9.89. The number of ketones is 1. The second-order valence-corrected chi connectivity index (χ2v) is 6.44. The Morgan fingerprint density at radius 1 is 1.15 bits per heavy atom. The standard InChI is InChI=1S/C17H17F6NO3/c1-10(26)7-14(27)24-13-5-4-11(9-25)8-12(13)3-2-6-15(24,16(18,19)20)17(21,22)23/h4-5,8,25H,2-3,6-7,9H2,1H3. The van der Waals surface area contributed by atoms with E-state index in [1.54, 1.807) is 0 Å². The summed E-state index contributed by atoms with van der Waals surface area (Å²) in [5.41, 5.74) is -4.61. The Labute approximate surface area is 150 Å². The van der Waals surface area contributed by atoms with Gasteiger partial charge in [0.25, 0.3) is 0 Å². The van der Waals surface area contributed by atoms with Crippen molar-refractivity contribution in [2.45, 2.75) is 57.1 Å². The largest absolute Gasteiger partial charge is 0.421 e. The summed E-state index contributed by atoms with van der Waals surface area (Å²) in [6.45, 7) is 0.451. The molecular formula is C17H17F6NO3. The molecule has 0 saturated heterocycles. The highest BCUT2D eigenvalue weighted by molar-refractivity contribution is 6.06. The normalized spacial score (nSPS) is 17.3. The summed E-state index contributed by atoms with van der Waals surface area (Å²) >= 11 is 0. The molecule has 0 aliphatic carbocycles. The molecule has 0 atom stereocenters. The van der Waals surface area contributed by atoms with Crippen molar-refractivity contribution in [2.75, 3.05) is 4.90 Å². The number of amides is 1. The van der Waals surface area contributed by atoms with Crippen LogP contribution in [-0.2, 0) is 22.6 Å². The van der Waals surface area contributed by atoms with Gasteiger partial charge in [0.2, 0.25) is 11.4 Å². The molecule has 4 nitrogen and oxygen atoms in total. The predicted octanol–water partition coefficient (Wildman–Crippen LogP) is 3.69. The van der Waals surface area contributed by atoms with Crippen molar-refractivity contribution in [1.82, 2.24) is 0 Å². The van der Waals surface area contributed by atoms with Gasteiger partial charge in [-0.2, -0.15) is 26.3 Å². The highest BCUT2D eigenvalue weighted by Crippen LogP contribution is 2.53. The topological polar surface area (TPSA) is 57.6 Å². The third kappa shape index (κ3) is 3.67. The first-order chi connectivity index (χ1) is 12.3. The highest BCUT2D eigenvalue weighted by atomic mass is 19.4.